The molecule has 3 heteroatoms. The summed E-state index contributed by atoms with van der Waals surface area (Å²) in [5.41, 5.74) is 0. The van der Waals surface area contributed by atoms with Gasteiger partial charge in [0.05, 0.1) is 0 Å². The van der Waals surface area contributed by atoms with Gasteiger partial charge in [0.2, 0.25) is 0 Å². The lowest BCUT2D eigenvalue weighted by molar-refractivity contribution is 0.547. The van der Waals surface area contributed by atoms with Crippen LogP contribution in [-0.4, -0.2) is 14.5 Å². The third-order valence-corrected chi connectivity index (χ3v) is 1.45. The van der Waals surface area contributed by atoms with E-state index < -0.39 is 11.1 Å². The third kappa shape index (κ3) is 6.11. The third-order valence-electron chi connectivity index (χ3n) is 0.870. The molecular weight excluding hydrogens is 124 g/mol. The van der Waals surface area contributed by atoms with Crippen LogP contribution in [-0.2, 0) is 11.1 Å². The van der Waals surface area contributed by atoms with Crippen molar-refractivity contribution in [2.75, 3.05) is 5.75 Å². The number of hydrogen-bond acceptors (Lipinski definition) is 1. The highest BCUT2D eigenvalue weighted by molar-refractivity contribution is 7.79. The standard InChI is InChI=1S/C5H12O2S/c1-5(2)3-4-8(6)7/h5H,3-4H2,1-2H3,(H,6,7). The summed E-state index contributed by atoms with van der Waals surface area (Å²) in [6, 6.07) is 0. The Bertz CT molecular complexity index is 80.5. The summed E-state index contributed by atoms with van der Waals surface area (Å²) in [7, 11) is 0. The van der Waals surface area contributed by atoms with E-state index in [9.17, 15) is 4.21 Å². The van der Waals surface area contributed by atoms with Gasteiger partial charge in [-0.25, -0.2) is 4.21 Å². The van der Waals surface area contributed by atoms with Crippen LogP contribution in [0.2, 0.25) is 0 Å². The second-order valence-electron chi connectivity index (χ2n) is 2.21. The van der Waals surface area contributed by atoms with Gasteiger partial charge in [-0.2, -0.15) is 0 Å². The molecule has 2 nitrogen and oxygen atoms in total. The highest BCUT2D eigenvalue weighted by Crippen LogP contribution is 1.98. The summed E-state index contributed by atoms with van der Waals surface area (Å²) in [6.07, 6.45) is 0.836. The van der Waals surface area contributed by atoms with Crippen LogP contribution in [0.3, 0.4) is 0 Å². The minimum absolute atomic E-state index is 0.414. The van der Waals surface area contributed by atoms with Crippen molar-refractivity contribution in [2.45, 2.75) is 20.3 Å². The van der Waals surface area contributed by atoms with Gasteiger partial charge in [0, 0.05) is 5.75 Å². The van der Waals surface area contributed by atoms with E-state index in [1.165, 1.54) is 0 Å². The zero-order valence-electron chi connectivity index (χ0n) is 5.26. The zero-order valence-corrected chi connectivity index (χ0v) is 6.07. The quantitative estimate of drug-likeness (QED) is 0.593. The Morgan fingerprint density at radius 2 is 2.12 bits per heavy atom. The molecule has 0 aliphatic rings. The van der Waals surface area contributed by atoms with Crippen LogP contribution in [0.4, 0.5) is 0 Å². The average Bonchev–Trinajstić information content (AvgIpc) is 1.61. The second-order valence-corrected chi connectivity index (χ2v) is 3.26. The van der Waals surface area contributed by atoms with Gasteiger partial charge in [-0.1, -0.05) is 13.8 Å². The molecule has 1 N–H and O–H groups in total. The molecule has 0 spiro atoms. The lowest BCUT2D eigenvalue weighted by Gasteiger charge is -1.98. The first-order chi connectivity index (χ1) is 3.63. The van der Waals surface area contributed by atoms with Crippen LogP contribution in [0.15, 0.2) is 0 Å². The van der Waals surface area contributed by atoms with Crippen molar-refractivity contribution in [2.24, 2.45) is 5.92 Å². The van der Waals surface area contributed by atoms with Gasteiger partial charge < -0.3 is 4.55 Å². The van der Waals surface area contributed by atoms with Crippen LogP contribution >= 0.6 is 0 Å². The molecule has 8 heavy (non-hydrogen) atoms. The molecule has 0 aliphatic heterocycles. The van der Waals surface area contributed by atoms with E-state index in [0.717, 1.165) is 6.42 Å². The van der Waals surface area contributed by atoms with Crippen LogP contribution in [0, 0.1) is 5.92 Å². The lowest BCUT2D eigenvalue weighted by Crippen LogP contribution is -1.98. The van der Waals surface area contributed by atoms with E-state index in [2.05, 4.69) is 0 Å². The van der Waals surface area contributed by atoms with Gasteiger partial charge in [-0.05, 0) is 12.3 Å². The normalized spacial score (nSPS) is 14.5. The Hall–Kier alpha value is 0.110. The molecular formula is C5H12O2S. The summed E-state index contributed by atoms with van der Waals surface area (Å²) >= 11 is -1.59. The predicted octanol–water partition coefficient (Wildman–Crippen LogP) is 1.25. The van der Waals surface area contributed by atoms with Crippen molar-refractivity contribution in [1.29, 1.82) is 0 Å². The highest BCUT2D eigenvalue weighted by atomic mass is 32.2. The Morgan fingerprint density at radius 3 is 2.25 bits per heavy atom. The van der Waals surface area contributed by atoms with E-state index in [4.69, 9.17) is 4.55 Å². The Kier molecular flexibility index (Phi) is 4.09. The first kappa shape index (κ1) is 8.11. The fourth-order valence-corrected chi connectivity index (χ4v) is 1.01. The van der Waals surface area contributed by atoms with Crippen LogP contribution in [0.25, 0.3) is 0 Å². The van der Waals surface area contributed by atoms with Gasteiger partial charge in [-0.15, -0.1) is 0 Å². The minimum atomic E-state index is -1.59. The number of rotatable bonds is 3. The van der Waals surface area contributed by atoms with Crippen molar-refractivity contribution < 1.29 is 8.76 Å². The molecule has 0 aliphatic carbocycles. The molecule has 0 bridgehead atoms. The molecule has 1 unspecified atom stereocenters. The SMILES string of the molecule is CC(C)CCS(=O)O. The van der Waals surface area contributed by atoms with Gasteiger partial charge >= 0.3 is 0 Å². The van der Waals surface area contributed by atoms with Crippen molar-refractivity contribution >= 4 is 11.1 Å². The molecule has 0 saturated carbocycles. The second kappa shape index (κ2) is 4.04. The predicted molar refractivity (Wildman–Crippen MR) is 35.1 cm³/mol. The minimum Gasteiger partial charge on any atom is -0.306 e. The Balaban J connectivity index is 3.05. The number of hydrogen-bond donors (Lipinski definition) is 1. The van der Waals surface area contributed by atoms with E-state index in [1.807, 2.05) is 13.8 Å². The monoisotopic (exact) mass is 136 g/mol. The summed E-state index contributed by atoms with van der Waals surface area (Å²) in [5.74, 6) is 0.948. The van der Waals surface area contributed by atoms with Gasteiger partial charge in [0.1, 0.15) is 0 Å². The molecule has 0 aromatic carbocycles. The largest absolute Gasteiger partial charge is 0.306 e. The van der Waals surface area contributed by atoms with Crippen molar-refractivity contribution in [3.63, 3.8) is 0 Å². The van der Waals surface area contributed by atoms with Crippen LogP contribution in [0.5, 0.6) is 0 Å². The fourth-order valence-electron chi connectivity index (χ4n) is 0.337. The summed E-state index contributed by atoms with van der Waals surface area (Å²) in [5, 5.41) is 0. The molecule has 0 amide bonds. The smallest absolute Gasteiger partial charge is 0.152 e. The molecule has 0 rings (SSSR count). The van der Waals surface area contributed by atoms with E-state index in [0.29, 0.717) is 11.7 Å². The molecule has 1 atom stereocenters. The van der Waals surface area contributed by atoms with Crippen molar-refractivity contribution in [3.05, 3.63) is 0 Å². The first-order valence-corrected chi connectivity index (χ1v) is 3.98. The molecule has 0 aromatic heterocycles. The topological polar surface area (TPSA) is 37.3 Å². The molecule has 0 heterocycles. The zero-order chi connectivity index (χ0) is 6.57. The maximum absolute atomic E-state index is 10.0. The van der Waals surface area contributed by atoms with E-state index >= 15 is 0 Å². The maximum atomic E-state index is 10.0. The maximum Gasteiger partial charge on any atom is 0.152 e. The van der Waals surface area contributed by atoms with Crippen LogP contribution < -0.4 is 0 Å². The van der Waals surface area contributed by atoms with E-state index in [-0.39, 0.29) is 0 Å². The van der Waals surface area contributed by atoms with E-state index in [1.54, 1.807) is 0 Å². The summed E-state index contributed by atoms with van der Waals surface area (Å²) in [4.78, 5) is 0. The summed E-state index contributed by atoms with van der Waals surface area (Å²) < 4.78 is 18.3. The molecule has 0 aromatic rings. The van der Waals surface area contributed by atoms with Gasteiger partial charge in [-0.3, -0.25) is 0 Å². The van der Waals surface area contributed by atoms with Gasteiger partial charge in [0.25, 0.3) is 0 Å². The highest BCUT2D eigenvalue weighted by Gasteiger charge is 1.95. The Morgan fingerprint density at radius 1 is 1.62 bits per heavy atom. The molecule has 50 valence electrons. The fraction of sp³-hybridized carbons (Fsp3) is 1.00. The summed E-state index contributed by atoms with van der Waals surface area (Å²) in [6.45, 7) is 4.07. The molecule has 0 radical (unpaired) electrons. The van der Waals surface area contributed by atoms with Crippen molar-refractivity contribution in [1.82, 2.24) is 0 Å². The average molecular weight is 136 g/mol. The molecule has 0 saturated heterocycles. The lowest BCUT2D eigenvalue weighted by atomic mass is 10.2. The van der Waals surface area contributed by atoms with Crippen molar-refractivity contribution in [3.8, 4) is 0 Å². The van der Waals surface area contributed by atoms with Crippen LogP contribution in [0.1, 0.15) is 20.3 Å². The van der Waals surface area contributed by atoms with Gasteiger partial charge in [0.15, 0.2) is 11.1 Å². The first-order valence-electron chi connectivity index (χ1n) is 2.70. The molecule has 0 fully saturated rings. The Labute approximate surface area is 52.6 Å².